The van der Waals surface area contributed by atoms with Crippen LogP contribution < -0.4 is 4.74 Å². The number of aliphatic hydroxyl groups excluding tert-OH is 1. The third kappa shape index (κ3) is 2.15. The summed E-state index contributed by atoms with van der Waals surface area (Å²) >= 11 is 3.09. The first-order chi connectivity index (χ1) is 7.35. The fourth-order valence-electron chi connectivity index (χ4n) is 1.51. The maximum absolute atomic E-state index is 13.8. The summed E-state index contributed by atoms with van der Waals surface area (Å²) in [6.07, 6.45) is 0. The van der Waals surface area contributed by atoms with Crippen molar-refractivity contribution in [1.82, 2.24) is 0 Å². The van der Waals surface area contributed by atoms with Crippen molar-refractivity contribution in [3.8, 4) is 11.5 Å². The number of phenols is 1. The average molecular weight is 293 g/mol. The van der Waals surface area contributed by atoms with Crippen LogP contribution in [0.1, 0.15) is 19.4 Å². The first-order valence-corrected chi connectivity index (χ1v) is 5.50. The lowest BCUT2D eigenvalue weighted by molar-refractivity contribution is 0.210. The zero-order valence-electron chi connectivity index (χ0n) is 9.34. The summed E-state index contributed by atoms with van der Waals surface area (Å²) in [6, 6.07) is 1.21. The van der Waals surface area contributed by atoms with Crippen LogP contribution >= 0.6 is 15.9 Å². The van der Waals surface area contributed by atoms with E-state index >= 15 is 0 Å². The highest BCUT2D eigenvalue weighted by Crippen LogP contribution is 2.43. The predicted octanol–water partition coefficient (Wildman–Crippen LogP) is 2.57. The Morgan fingerprint density at radius 3 is 2.50 bits per heavy atom. The predicted molar refractivity (Wildman–Crippen MR) is 62.4 cm³/mol. The van der Waals surface area contributed by atoms with Gasteiger partial charge in [-0.3, -0.25) is 0 Å². The molecule has 1 rings (SSSR count). The topological polar surface area (TPSA) is 49.7 Å². The molecule has 2 N–H and O–H groups in total. The van der Waals surface area contributed by atoms with Gasteiger partial charge in [0.25, 0.3) is 0 Å². The summed E-state index contributed by atoms with van der Waals surface area (Å²) in [5.41, 5.74) is -0.822. The first-order valence-electron chi connectivity index (χ1n) is 4.71. The van der Waals surface area contributed by atoms with E-state index in [9.17, 15) is 14.6 Å². The zero-order valence-corrected chi connectivity index (χ0v) is 10.9. The molecule has 0 saturated carbocycles. The summed E-state index contributed by atoms with van der Waals surface area (Å²) in [6.45, 7) is 3.00. The van der Waals surface area contributed by atoms with Gasteiger partial charge in [0, 0.05) is 11.0 Å². The van der Waals surface area contributed by atoms with Crippen LogP contribution in [0.15, 0.2) is 10.5 Å². The molecule has 0 radical (unpaired) electrons. The molecule has 0 bridgehead atoms. The molecule has 0 aliphatic carbocycles. The van der Waals surface area contributed by atoms with Gasteiger partial charge in [0.15, 0.2) is 11.5 Å². The van der Waals surface area contributed by atoms with Crippen molar-refractivity contribution in [2.75, 3.05) is 13.7 Å². The molecular weight excluding hydrogens is 279 g/mol. The number of methoxy groups -OCH3 is 1. The molecular formula is C11H14BrFO3. The molecule has 1 aromatic rings. The number of phenolic OH excluding ortho intramolecular Hbond substituents is 1. The van der Waals surface area contributed by atoms with E-state index in [2.05, 4.69) is 15.9 Å². The smallest absolute Gasteiger partial charge is 0.175 e. The Bertz CT molecular complexity index is 405. The molecule has 0 aliphatic heterocycles. The molecule has 0 unspecified atom stereocenters. The molecule has 0 atom stereocenters. The second-order valence-corrected chi connectivity index (χ2v) is 4.99. The van der Waals surface area contributed by atoms with Gasteiger partial charge in [-0.25, -0.2) is 4.39 Å². The van der Waals surface area contributed by atoms with E-state index in [1.807, 2.05) is 0 Å². The zero-order chi connectivity index (χ0) is 12.5. The molecule has 5 heteroatoms. The summed E-state index contributed by atoms with van der Waals surface area (Å²) in [5, 5.41) is 19.1. The molecule has 0 aromatic heterocycles. The number of rotatable bonds is 3. The summed E-state index contributed by atoms with van der Waals surface area (Å²) in [4.78, 5) is 0. The van der Waals surface area contributed by atoms with E-state index in [0.29, 0.717) is 4.47 Å². The number of aliphatic hydroxyl groups is 1. The van der Waals surface area contributed by atoms with Gasteiger partial charge >= 0.3 is 0 Å². The van der Waals surface area contributed by atoms with Crippen molar-refractivity contribution in [3.05, 3.63) is 21.9 Å². The van der Waals surface area contributed by atoms with Gasteiger partial charge in [0.1, 0.15) is 5.82 Å². The molecule has 16 heavy (non-hydrogen) atoms. The Hall–Kier alpha value is -0.810. The number of ether oxygens (including phenoxy) is 1. The summed E-state index contributed by atoms with van der Waals surface area (Å²) < 4.78 is 19.1. The molecule has 0 amide bonds. The van der Waals surface area contributed by atoms with Gasteiger partial charge in [-0.15, -0.1) is 0 Å². The standard InChI is InChI=1S/C11H14BrFO3/c1-11(2,5-14)8-7(13)4-6(12)10(16-3)9(8)15/h4,14-15H,5H2,1-3H3. The number of aromatic hydroxyl groups is 1. The van der Waals surface area contributed by atoms with E-state index in [-0.39, 0.29) is 23.7 Å². The molecule has 0 fully saturated rings. The van der Waals surface area contributed by atoms with E-state index in [1.165, 1.54) is 13.2 Å². The Labute approximate surface area is 102 Å². The minimum absolute atomic E-state index is 0.0510. The van der Waals surface area contributed by atoms with Crippen LogP contribution in [-0.4, -0.2) is 23.9 Å². The lowest BCUT2D eigenvalue weighted by Crippen LogP contribution is -2.24. The highest BCUT2D eigenvalue weighted by Gasteiger charge is 2.30. The number of hydrogen-bond donors (Lipinski definition) is 2. The van der Waals surface area contributed by atoms with Crippen LogP contribution in [0.3, 0.4) is 0 Å². The van der Waals surface area contributed by atoms with Crippen LogP contribution in [0.4, 0.5) is 4.39 Å². The van der Waals surface area contributed by atoms with Crippen LogP contribution in [-0.2, 0) is 5.41 Å². The van der Waals surface area contributed by atoms with Crippen LogP contribution in [0.2, 0.25) is 0 Å². The van der Waals surface area contributed by atoms with Gasteiger partial charge in [0.2, 0.25) is 0 Å². The largest absolute Gasteiger partial charge is 0.504 e. The van der Waals surface area contributed by atoms with E-state index in [4.69, 9.17) is 4.74 Å². The first kappa shape index (κ1) is 13.3. The Morgan fingerprint density at radius 2 is 2.06 bits per heavy atom. The molecule has 0 heterocycles. The van der Waals surface area contributed by atoms with Crippen LogP contribution in [0.25, 0.3) is 0 Å². The maximum atomic E-state index is 13.8. The Balaban J connectivity index is 3.51. The van der Waals surface area contributed by atoms with Crippen molar-refractivity contribution in [3.63, 3.8) is 0 Å². The summed E-state index contributed by atoms with van der Waals surface area (Å²) in [7, 11) is 1.38. The van der Waals surface area contributed by atoms with Crippen molar-refractivity contribution >= 4 is 15.9 Å². The molecule has 1 aromatic carbocycles. The average Bonchev–Trinajstić information content (AvgIpc) is 2.17. The van der Waals surface area contributed by atoms with E-state index < -0.39 is 11.2 Å². The second-order valence-electron chi connectivity index (χ2n) is 4.14. The third-order valence-corrected chi connectivity index (χ3v) is 3.03. The van der Waals surface area contributed by atoms with Crippen LogP contribution in [0.5, 0.6) is 11.5 Å². The van der Waals surface area contributed by atoms with Crippen molar-refractivity contribution < 1.29 is 19.3 Å². The minimum atomic E-state index is -0.873. The van der Waals surface area contributed by atoms with Crippen LogP contribution in [0, 0.1) is 5.82 Å². The number of hydrogen-bond acceptors (Lipinski definition) is 3. The van der Waals surface area contributed by atoms with Gasteiger partial charge < -0.3 is 14.9 Å². The summed E-state index contributed by atoms with van der Waals surface area (Å²) in [5.74, 6) is -0.699. The minimum Gasteiger partial charge on any atom is -0.504 e. The van der Waals surface area contributed by atoms with Gasteiger partial charge in [-0.1, -0.05) is 13.8 Å². The molecule has 0 saturated heterocycles. The van der Waals surface area contributed by atoms with E-state index in [1.54, 1.807) is 13.8 Å². The highest BCUT2D eigenvalue weighted by atomic mass is 79.9. The van der Waals surface area contributed by atoms with E-state index in [0.717, 1.165) is 0 Å². The quantitative estimate of drug-likeness (QED) is 0.900. The van der Waals surface area contributed by atoms with Gasteiger partial charge in [-0.05, 0) is 22.0 Å². The van der Waals surface area contributed by atoms with Gasteiger partial charge in [-0.2, -0.15) is 0 Å². The highest BCUT2D eigenvalue weighted by molar-refractivity contribution is 9.10. The molecule has 0 spiro atoms. The Kier molecular flexibility index (Phi) is 3.80. The maximum Gasteiger partial charge on any atom is 0.175 e. The van der Waals surface area contributed by atoms with Crippen molar-refractivity contribution in [1.29, 1.82) is 0 Å². The third-order valence-electron chi connectivity index (χ3n) is 2.44. The number of benzene rings is 1. The fourth-order valence-corrected chi connectivity index (χ4v) is 2.06. The monoisotopic (exact) mass is 292 g/mol. The number of halogens is 2. The van der Waals surface area contributed by atoms with Gasteiger partial charge in [0.05, 0.1) is 18.2 Å². The van der Waals surface area contributed by atoms with Crippen molar-refractivity contribution in [2.24, 2.45) is 0 Å². The fraction of sp³-hybridized carbons (Fsp3) is 0.455. The molecule has 0 aliphatic rings. The Morgan fingerprint density at radius 1 is 1.50 bits per heavy atom. The molecule has 90 valence electrons. The second kappa shape index (κ2) is 4.59. The normalized spacial score (nSPS) is 11.6. The molecule has 3 nitrogen and oxygen atoms in total. The van der Waals surface area contributed by atoms with Crippen molar-refractivity contribution in [2.45, 2.75) is 19.3 Å². The lowest BCUT2D eigenvalue weighted by Gasteiger charge is -2.25. The lowest BCUT2D eigenvalue weighted by atomic mass is 9.84. The SMILES string of the molecule is COc1c(Br)cc(F)c(C(C)(C)CO)c1O.